The minimum Gasteiger partial charge on any atom is -0.381 e. The number of ether oxygens (including phenoxy) is 2. The van der Waals surface area contributed by atoms with E-state index in [-0.39, 0.29) is 29.7 Å². The van der Waals surface area contributed by atoms with E-state index in [0.717, 1.165) is 17.8 Å². The second kappa shape index (κ2) is 31.4. The molecule has 2 heteroatoms. The smallest absolute Gasteiger partial charge is 0.0571 e. The van der Waals surface area contributed by atoms with Gasteiger partial charge in [0.2, 0.25) is 0 Å². The van der Waals surface area contributed by atoms with Crippen LogP contribution in [0.15, 0.2) is 0 Å². The molecular weight excluding hydrogens is 464 g/mol. The molecule has 38 heavy (non-hydrogen) atoms. The molecule has 2 fully saturated rings. The van der Waals surface area contributed by atoms with Crippen molar-refractivity contribution in [2.75, 3.05) is 14.2 Å². The zero-order chi connectivity index (χ0) is 27.4. The normalized spacial score (nSPS) is 22.1. The highest BCUT2D eigenvalue weighted by molar-refractivity contribution is 4.90. The summed E-state index contributed by atoms with van der Waals surface area (Å²) in [6.07, 6.45) is 14.0. The van der Waals surface area contributed by atoms with E-state index in [0.29, 0.717) is 23.0 Å². The SMILES string of the molecule is C.C.C.C.CC(C)(C)C.CC(C)C.CCC.CCC.COC1CCC(C(C)(C)C2CCC(OC)CC2)CC1. The molecule has 0 saturated heterocycles. The third-order valence-electron chi connectivity index (χ3n) is 6.12. The molecule has 0 radical (unpaired) electrons. The molecule has 2 rings (SSSR count). The minimum absolute atomic E-state index is 0. The summed E-state index contributed by atoms with van der Waals surface area (Å²) in [4.78, 5) is 0. The van der Waals surface area contributed by atoms with Gasteiger partial charge in [-0.15, -0.1) is 0 Å². The summed E-state index contributed by atoms with van der Waals surface area (Å²) in [6.45, 7) is 28.8. The van der Waals surface area contributed by atoms with Gasteiger partial charge in [-0.3, -0.25) is 0 Å². The van der Waals surface area contributed by atoms with E-state index < -0.39 is 0 Å². The molecule has 0 aliphatic heterocycles. The first kappa shape index (κ1) is 54.1. The molecule has 0 atom stereocenters. The standard InChI is InChI=1S/C17H32O2.C5H12.C4H10.2C3H8.4CH4/c1-17(2,13-5-9-15(18-3)10-6-13)14-7-11-16(19-4)12-8-14;1-5(2,3)4;1-4(2)3;2*1-3-2;;;;/h13-16H,5-12H2,1-4H3;1-4H3;4H,1-3H3;2*3H2,1-2H3;4*1H4. The first-order valence-corrected chi connectivity index (χ1v) is 14.7. The van der Waals surface area contributed by atoms with Crippen molar-refractivity contribution >= 4 is 0 Å². The summed E-state index contributed by atoms with van der Waals surface area (Å²) in [6, 6.07) is 0. The fraction of sp³-hybridized carbons (Fsp3) is 1.00. The number of hydrogen-bond donors (Lipinski definition) is 0. The maximum atomic E-state index is 5.51. The topological polar surface area (TPSA) is 18.5 Å². The molecule has 2 nitrogen and oxygen atoms in total. The van der Waals surface area contributed by atoms with Crippen molar-refractivity contribution in [3.63, 3.8) is 0 Å². The van der Waals surface area contributed by atoms with E-state index in [1.165, 1.54) is 64.2 Å². The summed E-state index contributed by atoms with van der Waals surface area (Å²) in [5.74, 6) is 2.62. The molecule has 0 spiro atoms. The maximum absolute atomic E-state index is 5.51. The lowest BCUT2D eigenvalue weighted by atomic mass is 9.60. The van der Waals surface area contributed by atoms with Gasteiger partial charge in [-0.1, -0.05) is 133 Å². The van der Waals surface area contributed by atoms with Crippen LogP contribution in [0.25, 0.3) is 0 Å². The first-order chi connectivity index (χ1) is 15.6. The first-order valence-electron chi connectivity index (χ1n) is 14.7. The molecule has 2 aliphatic rings. The van der Waals surface area contributed by atoms with Crippen LogP contribution in [0.3, 0.4) is 0 Å². The predicted octanol–water partition coefficient (Wildman–Crippen LogP) is 13.5. The molecule has 0 unspecified atom stereocenters. The Hall–Kier alpha value is -0.0800. The zero-order valence-corrected chi connectivity index (χ0v) is 26.8. The second-order valence-electron chi connectivity index (χ2n) is 13.4. The molecule has 0 amide bonds. The van der Waals surface area contributed by atoms with E-state index in [1.54, 1.807) is 0 Å². The summed E-state index contributed by atoms with van der Waals surface area (Å²) < 4.78 is 11.0. The number of rotatable bonds is 4. The quantitative estimate of drug-likeness (QED) is 0.346. The molecule has 0 aromatic rings. The van der Waals surface area contributed by atoms with Crippen molar-refractivity contribution in [2.24, 2.45) is 28.6 Å². The lowest BCUT2D eigenvalue weighted by Crippen LogP contribution is -2.38. The maximum Gasteiger partial charge on any atom is 0.0571 e. The molecule has 2 aliphatic carbocycles. The van der Waals surface area contributed by atoms with Crippen LogP contribution in [-0.2, 0) is 9.47 Å². The van der Waals surface area contributed by atoms with Crippen LogP contribution in [0.2, 0.25) is 0 Å². The third kappa shape index (κ3) is 33.9. The second-order valence-corrected chi connectivity index (χ2v) is 13.4. The highest BCUT2D eigenvalue weighted by Crippen LogP contribution is 2.48. The van der Waals surface area contributed by atoms with E-state index in [2.05, 4.69) is 90.0 Å². The van der Waals surface area contributed by atoms with Crippen molar-refractivity contribution in [1.82, 2.24) is 0 Å². The van der Waals surface area contributed by atoms with Crippen LogP contribution in [-0.4, -0.2) is 26.4 Å². The molecule has 0 aromatic heterocycles. The Kier molecular flexibility index (Phi) is 44.7. The van der Waals surface area contributed by atoms with Crippen LogP contribution in [0.1, 0.15) is 184 Å². The Morgan fingerprint density at radius 1 is 0.526 bits per heavy atom. The van der Waals surface area contributed by atoms with Gasteiger partial charge in [0, 0.05) is 14.2 Å². The van der Waals surface area contributed by atoms with E-state index in [9.17, 15) is 0 Å². The fourth-order valence-electron chi connectivity index (χ4n) is 4.42. The molecule has 242 valence electrons. The van der Waals surface area contributed by atoms with E-state index in [1.807, 2.05) is 14.2 Å². The number of hydrogen-bond acceptors (Lipinski definition) is 2. The van der Waals surface area contributed by atoms with Crippen molar-refractivity contribution in [1.29, 1.82) is 0 Å². The van der Waals surface area contributed by atoms with Crippen LogP contribution in [0.4, 0.5) is 0 Å². The Morgan fingerprint density at radius 3 is 0.816 bits per heavy atom. The van der Waals surface area contributed by atoms with Crippen molar-refractivity contribution in [3.05, 3.63) is 0 Å². The molecule has 0 aromatic carbocycles. The monoisotopic (exact) mass is 551 g/mol. The van der Waals surface area contributed by atoms with Crippen LogP contribution >= 0.6 is 0 Å². The molecule has 0 bridgehead atoms. The van der Waals surface area contributed by atoms with Gasteiger partial charge in [-0.05, 0) is 80.0 Å². The molecule has 0 N–H and O–H groups in total. The van der Waals surface area contributed by atoms with Gasteiger partial charge >= 0.3 is 0 Å². The van der Waals surface area contributed by atoms with Crippen molar-refractivity contribution in [2.45, 2.75) is 196 Å². The summed E-state index contributed by atoms with van der Waals surface area (Å²) in [5.41, 5.74) is 0.997. The van der Waals surface area contributed by atoms with Crippen LogP contribution in [0.5, 0.6) is 0 Å². The van der Waals surface area contributed by atoms with Gasteiger partial charge in [0.25, 0.3) is 0 Å². The lowest BCUT2D eigenvalue weighted by Gasteiger charge is -2.46. The lowest BCUT2D eigenvalue weighted by molar-refractivity contribution is -0.0167. The van der Waals surface area contributed by atoms with E-state index in [4.69, 9.17) is 9.47 Å². The van der Waals surface area contributed by atoms with Crippen LogP contribution < -0.4 is 0 Å². The summed E-state index contributed by atoms with van der Waals surface area (Å²) >= 11 is 0. The van der Waals surface area contributed by atoms with Crippen LogP contribution in [0, 0.1) is 28.6 Å². The Morgan fingerprint density at radius 2 is 0.684 bits per heavy atom. The van der Waals surface area contributed by atoms with Crippen molar-refractivity contribution in [3.8, 4) is 0 Å². The Balaban J connectivity index is -0.0000000853. The average molecular weight is 551 g/mol. The zero-order valence-electron chi connectivity index (χ0n) is 26.8. The van der Waals surface area contributed by atoms with Gasteiger partial charge in [0.05, 0.1) is 12.2 Å². The fourth-order valence-corrected chi connectivity index (χ4v) is 4.42. The molecule has 2 saturated carbocycles. The van der Waals surface area contributed by atoms with E-state index >= 15 is 0 Å². The number of methoxy groups -OCH3 is 2. The average Bonchev–Trinajstić information content (AvgIpc) is 2.73. The van der Waals surface area contributed by atoms with Crippen molar-refractivity contribution < 1.29 is 9.47 Å². The Labute approximate surface area is 248 Å². The summed E-state index contributed by atoms with van der Waals surface area (Å²) in [7, 11) is 3.73. The van der Waals surface area contributed by atoms with Gasteiger partial charge in [-0.2, -0.15) is 0 Å². The minimum atomic E-state index is 0. The summed E-state index contributed by atoms with van der Waals surface area (Å²) in [5, 5.41) is 0. The highest BCUT2D eigenvalue weighted by Gasteiger charge is 2.40. The predicted molar refractivity (Wildman–Crippen MR) is 184 cm³/mol. The van der Waals surface area contributed by atoms with Gasteiger partial charge in [0.1, 0.15) is 0 Å². The third-order valence-corrected chi connectivity index (χ3v) is 6.12. The molecule has 0 heterocycles. The molecular formula is C36H86O2. The largest absolute Gasteiger partial charge is 0.381 e. The van der Waals surface area contributed by atoms with Gasteiger partial charge in [-0.25, -0.2) is 0 Å². The Bertz CT molecular complexity index is 355. The van der Waals surface area contributed by atoms with Gasteiger partial charge in [0.15, 0.2) is 0 Å². The van der Waals surface area contributed by atoms with Gasteiger partial charge < -0.3 is 9.47 Å². The highest BCUT2D eigenvalue weighted by atomic mass is 16.5.